The van der Waals surface area contributed by atoms with Crippen molar-refractivity contribution in [3.8, 4) is 0 Å². The van der Waals surface area contributed by atoms with Crippen LogP contribution in [-0.2, 0) is 13.8 Å². The summed E-state index contributed by atoms with van der Waals surface area (Å²) in [6.07, 6.45) is 5.75. The van der Waals surface area contributed by atoms with E-state index in [4.69, 9.17) is 15.4 Å². The summed E-state index contributed by atoms with van der Waals surface area (Å²) in [7, 11) is 1.68. The summed E-state index contributed by atoms with van der Waals surface area (Å²) < 4.78 is 27.8. The fourth-order valence-corrected chi connectivity index (χ4v) is 3.86. The van der Waals surface area contributed by atoms with Crippen LogP contribution in [0.3, 0.4) is 0 Å². The number of rotatable bonds is 5. The van der Waals surface area contributed by atoms with Gasteiger partial charge in [-0.3, -0.25) is 0 Å². The average molecular weight is 340 g/mol. The predicted octanol–water partition coefficient (Wildman–Crippen LogP) is 3.42. The van der Waals surface area contributed by atoms with Crippen molar-refractivity contribution in [3.63, 3.8) is 0 Å². The molecule has 1 amide bonds. The molecule has 1 fully saturated rings. The minimum atomic E-state index is -3.66. The molecule has 0 spiro atoms. The molecule has 0 bridgehead atoms. The molecule has 0 aromatic carbocycles. The van der Waals surface area contributed by atoms with Gasteiger partial charge in [-0.1, -0.05) is 32.1 Å². The predicted molar refractivity (Wildman–Crippen MR) is 84.0 cm³/mol. The topological polar surface area (TPSA) is 72.5 Å². The number of nitrogens with one attached hydrogen (secondary N) is 1. The molecule has 1 unspecified atom stereocenters. The molecule has 0 heterocycles. The molecular formula is C14H26ClNO4S. The van der Waals surface area contributed by atoms with Gasteiger partial charge in [0.2, 0.25) is 9.05 Å². The minimum Gasteiger partial charge on any atom is -0.444 e. The number of amides is 1. The van der Waals surface area contributed by atoms with E-state index in [-0.39, 0.29) is 5.75 Å². The lowest BCUT2D eigenvalue weighted by atomic mass is 9.85. The molecule has 0 saturated heterocycles. The number of hydrogen-bond acceptors (Lipinski definition) is 4. The van der Waals surface area contributed by atoms with Gasteiger partial charge in [-0.25, -0.2) is 13.2 Å². The Bertz CT molecular complexity index is 438. The van der Waals surface area contributed by atoms with Gasteiger partial charge in [-0.2, -0.15) is 0 Å². The Labute approximate surface area is 132 Å². The quantitative estimate of drug-likeness (QED) is 0.779. The third kappa shape index (κ3) is 9.19. The first kappa shape index (κ1) is 18.6. The first-order valence-electron chi connectivity index (χ1n) is 7.47. The van der Waals surface area contributed by atoms with Gasteiger partial charge >= 0.3 is 6.09 Å². The van der Waals surface area contributed by atoms with Crippen LogP contribution in [0.15, 0.2) is 0 Å². The van der Waals surface area contributed by atoms with Gasteiger partial charge in [-0.15, -0.1) is 0 Å². The molecule has 0 aromatic heterocycles. The number of carbonyl (C=O) groups is 1. The zero-order chi connectivity index (χ0) is 16.1. The van der Waals surface area contributed by atoms with Gasteiger partial charge in [0.05, 0.1) is 5.75 Å². The van der Waals surface area contributed by atoms with Crippen LogP contribution in [0.25, 0.3) is 0 Å². The SMILES string of the molecule is CC(C)(C)OC(=O)NC(CC1CCCCC1)CS(=O)(=O)Cl. The van der Waals surface area contributed by atoms with Crippen molar-refractivity contribution in [2.75, 3.05) is 5.75 Å². The zero-order valence-electron chi connectivity index (χ0n) is 13.0. The molecule has 124 valence electrons. The largest absolute Gasteiger partial charge is 0.444 e. The maximum absolute atomic E-state index is 11.8. The maximum atomic E-state index is 11.8. The Balaban J connectivity index is 2.61. The van der Waals surface area contributed by atoms with Crippen LogP contribution in [0.2, 0.25) is 0 Å². The van der Waals surface area contributed by atoms with Crippen molar-refractivity contribution in [2.24, 2.45) is 5.92 Å². The molecule has 1 saturated carbocycles. The molecule has 0 radical (unpaired) electrons. The van der Waals surface area contributed by atoms with Crippen molar-refractivity contribution in [2.45, 2.75) is 70.9 Å². The van der Waals surface area contributed by atoms with E-state index in [9.17, 15) is 13.2 Å². The van der Waals surface area contributed by atoms with E-state index in [0.717, 1.165) is 25.7 Å². The summed E-state index contributed by atoms with van der Waals surface area (Å²) in [6.45, 7) is 5.29. The monoisotopic (exact) mass is 339 g/mol. The van der Waals surface area contributed by atoms with E-state index >= 15 is 0 Å². The molecule has 1 rings (SSSR count). The smallest absolute Gasteiger partial charge is 0.407 e. The van der Waals surface area contributed by atoms with E-state index < -0.39 is 26.8 Å². The molecular weight excluding hydrogens is 314 g/mol. The number of ether oxygens (including phenoxy) is 1. The highest BCUT2D eigenvalue weighted by atomic mass is 35.7. The van der Waals surface area contributed by atoms with Crippen LogP contribution in [0.4, 0.5) is 4.79 Å². The summed E-state index contributed by atoms with van der Waals surface area (Å²) in [5, 5.41) is 2.65. The van der Waals surface area contributed by atoms with Crippen molar-refractivity contribution in [1.82, 2.24) is 5.32 Å². The van der Waals surface area contributed by atoms with Gasteiger partial charge in [-0.05, 0) is 33.1 Å². The van der Waals surface area contributed by atoms with Crippen molar-refractivity contribution in [1.29, 1.82) is 0 Å². The molecule has 21 heavy (non-hydrogen) atoms. The van der Waals surface area contributed by atoms with Gasteiger partial charge in [0, 0.05) is 16.7 Å². The Kier molecular flexibility index (Phi) is 6.78. The molecule has 1 aliphatic rings. The van der Waals surface area contributed by atoms with E-state index in [1.807, 2.05) is 0 Å². The second-order valence-electron chi connectivity index (χ2n) is 6.79. The summed E-state index contributed by atoms with van der Waals surface area (Å²) in [5.74, 6) is 0.182. The first-order valence-corrected chi connectivity index (χ1v) is 9.95. The average Bonchev–Trinajstić information content (AvgIpc) is 2.24. The van der Waals surface area contributed by atoms with Gasteiger partial charge in [0.15, 0.2) is 0 Å². The normalized spacial score (nSPS) is 19.0. The molecule has 0 aromatic rings. The zero-order valence-corrected chi connectivity index (χ0v) is 14.6. The molecule has 1 atom stereocenters. The molecule has 1 aliphatic carbocycles. The second-order valence-corrected chi connectivity index (χ2v) is 9.61. The fourth-order valence-electron chi connectivity index (χ4n) is 2.71. The standard InChI is InChI=1S/C14H26ClNO4S/c1-14(2,3)20-13(17)16-12(10-21(15,18)19)9-11-7-5-4-6-8-11/h11-12H,4-10H2,1-3H3,(H,16,17). The van der Waals surface area contributed by atoms with Crippen LogP contribution >= 0.6 is 10.7 Å². The molecule has 5 nitrogen and oxygen atoms in total. The molecule has 1 N–H and O–H groups in total. The van der Waals surface area contributed by atoms with E-state index in [0.29, 0.717) is 12.3 Å². The van der Waals surface area contributed by atoms with Crippen molar-refractivity contribution < 1.29 is 17.9 Å². The Morgan fingerprint density at radius 2 is 1.86 bits per heavy atom. The van der Waals surface area contributed by atoms with E-state index in [1.165, 1.54) is 6.42 Å². The molecule has 0 aliphatic heterocycles. The lowest BCUT2D eigenvalue weighted by molar-refractivity contribution is 0.0501. The van der Waals surface area contributed by atoms with Crippen LogP contribution in [-0.4, -0.2) is 31.9 Å². The Morgan fingerprint density at radius 1 is 1.29 bits per heavy atom. The third-order valence-electron chi connectivity index (χ3n) is 3.46. The highest BCUT2D eigenvalue weighted by Crippen LogP contribution is 2.28. The van der Waals surface area contributed by atoms with Crippen LogP contribution in [0.1, 0.15) is 59.3 Å². The van der Waals surface area contributed by atoms with Crippen LogP contribution in [0.5, 0.6) is 0 Å². The Hall–Kier alpha value is -0.490. The highest BCUT2D eigenvalue weighted by Gasteiger charge is 2.26. The number of alkyl carbamates (subject to hydrolysis) is 1. The summed E-state index contributed by atoms with van der Waals surface area (Å²) >= 11 is 0. The van der Waals surface area contributed by atoms with Crippen molar-refractivity contribution in [3.05, 3.63) is 0 Å². The maximum Gasteiger partial charge on any atom is 0.407 e. The molecule has 7 heteroatoms. The number of hydrogen-bond donors (Lipinski definition) is 1. The minimum absolute atomic E-state index is 0.260. The Morgan fingerprint density at radius 3 is 2.33 bits per heavy atom. The van der Waals surface area contributed by atoms with Crippen LogP contribution < -0.4 is 5.32 Å². The summed E-state index contributed by atoms with van der Waals surface area (Å²) in [6, 6.07) is -0.495. The van der Waals surface area contributed by atoms with Gasteiger partial charge in [0.25, 0.3) is 0 Å². The lowest BCUT2D eigenvalue weighted by Crippen LogP contribution is -2.43. The summed E-state index contributed by atoms with van der Waals surface area (Å²) in [4.78, 5) is 11.8. The third-order valence-corrected chi connectivity index (χ3v) is 4.64. The van der Waals surface area contributed by atoms with Gasteiger partial charge in [0.1, 0.15) is 5.60 Å². The fraction of sp³-hybridized carbons (Fsp3) is 0.929. The highest BCUT2D eigenvalue weighted by molar-refractivity contribution is 8.13. The van der Waals surface area contributed by atoms with Crippen LogP contribution in [0, 0.1) is 5.92 Å². The van der Waals surface area contributed by atoms with Gasteiger partial charge < -0.3 is 10.1 Å². The first-order chi connectivity index (χ1) is 9.55. The number of halogens is 1. The van der Waals surface area contributed by atoms with E-state index in [1.54, 1.807) is 20.8 Å². The van der Waals surface area contributed by atoms with E-state index in [2.05, 4.69) is 5.32 Å². The summed E-state index contributed by atoms with van der Waals surface area (Å²) in [5.41, 5.74) is -0.612. The lowest BCUT2D eigenvalue weighted by Gasteiger charge is -2.27. The number of carbonyl (C=O) groups excluding carboxylic acids is 1. The second kappa shape index (κ2) is 7.68. The van der Waals surface area contributed by atoms with Crippen molar-refractivity contribution >= 4 is 25.8 Å².